The van der Waals surface area contributed by atoms with Gasteiger partial charge in [-0.15, -0.1) is 6.42 Å². The molecular formula is C28H32FN3O4. The summed E-state index contributed by atoms with van der Waals surface area (Å²) < 4.78 is 33.4. The first-order valence-corrected chi connectivity index (χ1v) is 12.1. The summed E-state index contributed by atoms with van der Waals surface area (Å²) >= 11 is 0. The van der Waals surface area contributed by atoms with Gasteiger partial charge in [-0.3, -0.25) is 4.90 Å². The topological polar surface area (TPSA) is 69.0 Å². The van der Waals surface area contributed by atoms with Crippen LogP contribution in [0.1, 0.15) is 18.4 Å². The first-order chi connectivity index (χ1) is 17.5. The van der Waals surface area contributed by atoms with Crippen LogP contribution >= 0.6 is 0 Å². The van der Waals surface area contributed by atoms with Crippen LogP contribution in [0.2, 0.25) is 0 Å². The van der Waals surface area contributed by atoms with Gasteiger partial charge in [0.05, 0.1) is 24.4 Å². The number of rotatable bonds is 12. The zero-order valence-electron chi connectivity index (χ0n) is 20.5. The largest absolute Gasteiger partial charge is 0.436 e. The first kappa shape index (κ1) is 25.9. The summed E-state index contributed by atoms with van der Waals surface area (Å²) in [5.74, 6) is 2.52. The van der Waals surface area contributed by atoms with Gasteiger partial charge in [0.25, 0.3) is 0 Å². The summed E-state index contributed by atoms with van der Waals surface area (Å²) in [6.07, 6.45) is 6.55. The number of halogens is 1. The number of para-hydroxylation sites is 1. The van der Waals surface area contributed by atoms with Crippen LogP contribution in [-0.2, 0) is 23.1 Å². The van der Waals surface area contributed by atoms with Gasteiger partial charge in [0, 0.05) is 38.9 Å². The van der Waals surface area contributed by atoms with Gasteiger partial charge in [-0.1, -0.05) is 48.4 Å². The van der Waals surface area contributed by atoms with E-state index in [1.54, 1.807) is 29.9 Å². The van der Waals surface area contributed by atoms with Crippen molar-refractivity contribution < 1.29 is 23.7 Å². The number of benzene rings is 2. The first-order valence-electron chi connectivity index (χ1n) is 12.1. The van der Waals surface area contributed by atoms with Crippen molar-refractivity contribution >= 4 is 0 Å². The van der Waals surface area contributed by atoms with E-state index in [1.165, 1.54) is 6.07 Å². The highest BCUT2D eigenvalue weighted by Gasteiger charge is 2.27. The molecule has 7 nitrogen and oxygen atoms in total. The zero-order chi connectivity index (χ0) is 25.3. The minimum atomic E-state index is -0.743. The third-order valence-electron chi connectivity index (χ3n) is 6.01. The number of aliphatic hydroxyl groups excluding tert-OH is 1. The molecule has 2 heterocycles. The molecule has 4 rings (SSSR count). The molecule has 1 N–H and O–H groups in total. The molecule has 1 aromatic heterocycles. The molecule has 0 aliphatic carbocycles. The Morgan fingerprint density at radius 1 is 1.25 bits per heavy atom. The van der Waals surface area contributed by atoms with E-state index in [9.17, 15) is 9.50 Å². The fourth-order valence-electron chi connectivity index (χ4n) is 4.39. The van der Waals surface area contributed by atoms with Gasteiger partial charge >= 0.3 is 0 Å². The van der Waals surface area contributed by atoms with Crippen LogP contribution in [0.5, 0.6) is 11.6 Å². The number of ether oxygens (including phenoxy) is 3. The van der Waals surface area contributed by atoms with Crippen LogP contribution in [0.4, 0.5) is 4.39 Å². The Kier molecular flexibility index (Phi) is 9.09. The van der Waals surface area contributed by atoms with Crippen molar-refractivity contribution in [2.24, 2.45) is 7.05 Å². The number of aryl methyl sites for hydroxylation is 1. The number of terminal acetylenes is 1. The normalized spacial score (nSPS) is 16.2. The van der Waals surface area contributed by atoms with Crippen LogP contribution in [0.25, 0.3) is 11.3 Å². The Morgan fingerprint density at radius 3 is 2.75 bits per heavy atom. The molecule has 2 atom stereocenters. The molecule has 0 unspecified atom stereocenters. The Balaban J connectivity index is 1.66. The average molecular weight is 494 g/mol. The van der Waals surface area contributed by atoms with E-state index in [4.69, 9.17) is 25.7 Å². The van der Waals surface area contributed by atoms with Gasteiger partial charge in [0.2, 0.25) is 5.88 Å². The van der Waals surface area contributed by atoms with E-state index in [0.29, 0.717) is 25.5 Å². The molecule has 2 aromatic carbocycles. The lowest BCUT2D eigenvalue weighted by Crippen LogP contribution is -2.39. The zero-order valence-corrected chi connectivity index (χ0v) is 20.5. The number of hydrogen-bond acceptors (Lipinski definition) is 6. The van der Waals surface area contributed by atoms with Crippen molar-refractivity contribution in [3.05, 3.63) is 66.0 Å². The maximum absolute atomic E-state index is 14.5. The Labute approximate surface area is 211 Å². The Hall–Kier alpha value is -3.22. The van der Waals surface area contributed by atoms with Crippen LogP contribution in [0, 0.1) is 18.2 Å². The standard InChI is InChI=1S/C28H32FN3O4/c1-3-15-34-20-22(33)17-32(18-23-12-9-16-35-23)19-24-27(21-10-5-4-6-11-21)30-31(2)28(24)36-26-14-8-7-13-25(26)29/h1,4-8,10-11,13-14,22-23,33H,9,12,15-20H2,2H3/t22-,23+/m0/s1. The quantitative estimate of drug-likeness (QED) is 0.304. The lowest BCUT2D eigenvalue weighted by molar-refractivity contribution is 0.00943. The lowest BCUT2D eigenvalue weighted by atomic mass is 10.1. The summed E-state index contributed by atoms with van der Waals surface area (Å²) in [6.45, 7) is 2.37. The predicted molar refractivity (Wildman–Crippen MR) is 135 cm³/mol. The lowest BCUT2D eigenvalue weighted by Gasteiger charge is -2.27. The maximum Gasteiger partial charge on any atom is 0.222 e. The van der Waals surface area contributed by atoms with Crippen LogP contribution in [-0.4, -0.2) is 64.9 Å². The van der Waals surface area contributed by atoms with Crippen LogP contribution in [0.3, 0.4) is 0 Å². The molecule has 0 amide bonds. The number of hydrogen-bond donors (Lipinski definition) is 1. The van der Waals surface area contributed by atoms with E-state index in [0.717, 1.165) is 36.3 Å². The minimum absolute atomic E-state index is 0.0663. The van der Waals surface area contributed by atoms with Gasteiger partial charge in [0.1, 0.15) is 12.3 Å². The Bertz CT molecular complexity index is 1160. The van der Waals surface area contributed by atoms with E-state index in [1.807, 2.05) is 30.3 Å². The molecule has 0 spiro atoms. The summed E-state index contributed by atoms with van der Waals surface area (Å²) in [4.78, 5) is 2.11. The van der Waals surface area contributed by atoms with E-state index in [2.05, 4.69) is 10.8 Å². The van der Waals surface area contributed by atoms with Crippen molar-refractivity contribution in [2.45, 2.75) is 31.6 Å². The summed E-state index contributed by atoms with van der Waals surface area (Å²) in [7, 11) is 1.78. The summed E-state index contributed by atoms with van der Waals surface area (Å²) in [5.41, 5.74) is 2.45. The second-order valence-electron chi connectivity index (χ2n) is 8.86. The molecule has 1 aliphatic heterocycles. The highest BCUT2D eigenvalue weighted by atomic mass is 19.1. The minimum Gasteiger partial charge on any atom is -0.436 e. The predicted octanol–water partition coefficient (Wildman–Crippen LogP) is 4.01. The molecule has 1 aliphatic rings. The van der Waals surface area contributed by atoms with Crippen LogP contribution < -0.4 is 4.74 Å². The molecule has 190 valence electrons. The molecule has 1 saturated heterocycles. The van der Waals surface area contributed by atoms with E-state index < -0.39 is 11.9 Å². The third kappa shape index (κ3) is 6.71. The van der Waals surface area contributed by atoms with Crippen LogP contribution in [0.15, 0.2) is 54.6 Å². The molecule has 0 bridgehead atoms. The van der Waals surface area contributed by atoms with Gasteiger partial charge in [-0.2, -0.15) is 5.10 Å². The SMILES string of the molecule is C#CCOC[C@@H](O)CN(Cc1c(-c2ccccc2)nn(C)c1Oc1ccccc1F)C[C@H]1CCCO1. The Morgan fingerprint density at radius 2 is 2.03 bits per heavy atom. The number of aromatic nitrogens is 2. The van der Waals surface area contributed by atoms with E-state index in [-0.39, 0.29) is 25.1 Å². The molecule has 36 heavy (non-hydrogen) atoms. The van der Waals surface area contributed by atoms with Crippen molar-refractivity contribution in [3.8, 4) is 35.2 Å². The van der Waals surface area contributed by atoms with Gasteiger partial charge < -0.3 is 19.3 Å². The monoisotopic (exact) mass is 493 g/mol. The molecule has 3 aromatic rings. The fraction of sp³-hybridized carbons (Fsp3) is 0.393. The van der Waals surface area contributed by atoms with Crippen molar-refractivity contribution in [2.75, 3.05) is 32.9 Å². The van der Waals surface area contributed by atoms with Gasteiger partial charge in [-0.25, -0.2) is 9.07 Å². The number of aliphatic hydroxyl groups is 1. The molecule has 8 heteroatoms. The highest BCUT2D eigenvalue weighted by molar-refractivity contribution is 5.65. The van der Waals surface area contributed by atoms with Crippen molar-refractivity contribution in [1.82, 2.24) is 14.7 Å². The number of nitrogens with zero attached hydrogens (tertiary/aromatic N) is 3. The average Bonchev–Trinajstić information content (AvgIpc) is 3.49. The summed E-state index contributed by atoms with van der Waals surface area (Å²) in [6, 6.07) is 16.1. The van der Waals surface area contributed by atoms with Gasteiger partial charge in [0.15, 0.2) is 11.6 Å². The fourth-order valence-corrected chi connectivity index (χ4v) is 4.39. The second-order valence-corrected chi connectivity index (χ2v) is 8.86. The molecule has 1 fully saturated rings. The maximum atomic E-state index is 14.5. The smallest absolute Gasteiger partial charge is 0.222 e. The highest BCUT2D eigenvalue weighted by Crippen LogP contribution is 2.35. The van der Waals surface area contributed by atoms with Crippen molar-refractivity contribution in [1.29, 1.82) is 0 Å². The van der Waals surface area contributed by atoms with Gasteiger partial charge in [-0.05, 0) is 25.0 Å². The third-order valence-corrected chi connectivity index (χ3v) is 6.01. The molecule has 0 saturated carbocycles. The van der Waals surface area contributed by atoms with Crippen molar-refractivity contribution in [3.63, 3.8) is 0 Å². The molecule has 0 radical (unpaired) electrons. The molecular weight excluding hydrogens is 461 g/mol. The second kappa shape index (κ2) is 12.7. The van der Waals surface area contributed by atoms with E-state index >= 15 is 0 Å². The summed E-state index contributed by atoms with van der Waals surface area (Å²) in [5, 5.41) is 15.4.